The molecular formula is C15H23BF2O3S. The van der Waals surface area contributed by atoms with Gasteiger partial charge in [0.25, 0.3) is 0 Å². The van der Waals surface area contributed by atoms with Gasteiger partial charge in [0.1, 0.15) is 0 Å². The zero-order chi connectivity index (χ0) is 17.0. The van der Waals surface area contributed by atoms with Crippen LogP contribution in [-0.2, 0) is 4.65 Å². The Labute approximate surface area is 135 Å². The van der Waals surface area contributed by atoms with E-state index in [4.69, 9.17) is 4.65 Å². The van der Waals surface area contributed by atoms with Crippen molar-refractivity contribution >= 4 is 18.9 Å². The number of thioether (sulfide) groups is 1. The normalized spacial score (nSPS) is 14.2. The molecule has 0 bridgehead atoms. The quantitative estimate of drug-likeness (QED) is 0.566. The lowest BCUT2D eigenvalue weighted by molar-refractivity contribution is -0.100. The summed E-state index contributed by atoms with van der Waals surface area (Å²) in [5.74, 6) is 0. The summed E-state index contributed by atoms with van der Waals surface area (Å²) in [5.41, 5.74) is -2.30. The second kappa shape index (κ2) is 7.77. The second-order valence-electron chi connectivity index (χ2n) is 6.17. The molecule has 1 atom stereocenters. The van der Waals surface area contributed by atoms with Gasteiger partial charge in [-0.15, -0.1) is 11.8 Å². The van der Waals surface area contributed by atoms with Gasteiger partial charge in [0.2, 0.25) is 6.43 Å². The van der Waals surface area contributed by atoms with E-state index in [1.54, 1.807) is 52.0 Å². The standard InChI is InChI=1S/C15H23BF2O3S/c1-14(2,19)15(3,4)21-16(20)12(10-13(17)18)22-11-8-6-5-7-9-11/h5-9,12-13,19-20H,10H2,1-4H3. The van der Waals surface area contributed by atoms with Gasteiger partial charge in [-0.2, -0.15) is 0 Å². The van der Waals surface area contributed by atoms with E-state index in [0.29, 0.717) is 0 Å². The first-order valence-electron chi connectivity index (χ1n) is 7.11. The van der Waals surface area contributed by atoms with Crippen LogP contribution >= 0.6 is 11.8 Å². The molecule has 0 heterocycles. The molecule has 7 heteroatoms. The van der Waals surface area contributed by atoms with Gasteiger partial charge in [-0.3, -0.25) is 0 Å². The first kappa shape index (κ1) is 19.4. The fourth-order valence-electron chi connectivity index (χ4n) is 1.59. The molecule has 1 unspecified atom stereocenters. The Morgan fingerprint density at radius 2 is 1.73 bits per heavy atom. The SMILES string of the molecule is CC(C)(O)C(C)(C)OB(O)C(CC(F)F)Sc1ccccc1. The van der Waals surface area contributed by atoms with Gasteiger partial charge in [-0.05, 0) is 39.8 Å². The van der Waals surface area contributed by atoms with Crippen LogP contribution in [-0.4, -0.2) is 40.0 Å². The second-order valence-corrected chi connectivity index (χ2v) is 7.49. The van der Waals surface area contributed by atoms with Crippen LogP contribution in [0.1, 0.15) is 34.1 Å². The molecule has 0 saturated carbocycles. The van der Waals surface area contributed by atoms with Crippen molar-refractivity contribution in [3.8, 4) is 0 Å². The maximum atomic E-state index is 12.8. The average molecular weight is 332 g/mol. The van der Waals surface area contributed by atoms with Gasteiger partial charge in [-0.25, -0.2) is 8.78 Å². The Balaban J connectivity index is 2.83. The lowest BCUT2D eigenvalue weighted by Crippen LogP contribution is -2.52. The van der Waals surface area contributed by atoms with Crippen molar-refractivity contribution in [2.75, 3.05) is 0 Å². The summed E-state index contributed by atoms with van der Waals surface area (Å²) in [6.45, 7) is 6.32. The molecule has 0 saturated heterocycles. The van der Waals surface area contributed by atoms with Crippen molar-refractivity contribution in [1.82, 2.24) is 0 Å². The number of hydrogen-bond acceptors (Lipinski definition) is 4. The van der Waals surface area contributed by atoms with E-state index in [0.717, 1.165) is 16.7 Å². The zero-order valence-electron chi connectivity index (χ0n) is 13.3. The molecule has 22 heavy (non-hydrogen) atoms. The molecule has 1 aromatic carbocycles. The Kier molecular flexibility index (Phi) is 6.86. The molecule has 0 aromatic heterocycles. The van der Waals surface area contributed by atoms with Crippen LogP contribution in [0.2, 0.25) is 0 Å². The van der Waals surface area contributed by atoms with Gasteiger partial charge >= 0.3 is 7.12 Å². The number of rotatable bonds is 8. The number of alkyl halides is 2. The maximum Gasteiger partial charge on any atom is 0.469 e. The smallest absolute Gasteiger partial charge is 0.426 e. The minimum absolute atomic E-state index is 0.497. The number of aliphatic hydroxyl groups is 1. The highest BCUT2D eigenvalue weighted by molar-refractivity contribution is 8.01. The highest BCUT2D eigenvalue weighted by Gasteiger charge is 2.42. The highest BCUT2D eigenvalue weighted by atomic mass is 32.2. The third kappa shape index (κ3) is 5.87. The van der Waals surface area contributed by atoms with Crippen LogP contribution < -0.4 is 0 Å². The van der Waals surface area contributed by atoms with Gasteiger partial charge in [0, 0.05) is 11.3 Å². The molecule has 0 fully saturated rings. The van der Waals surface area contributed by atoms with Crippen LogP contribution in [0.25, 0.3) is 0 Å². The molecule has 1 rings (SSSR count). The van der Waals surface area contributed by atoms with Crippen LogP contribution in [0.15, 0.2) is 35.2 Å². The largest absolute Gasteiger partial charge is 0.469 e. The van der Waals surface area contributed by atoms with E-state index in [9.17, 15) is 18.9 Å². The summed E-state index contributed by atoms with van der Waals surface area (Å²) in [6.07, 6.45) is -3.05. The number of benzene rings is 1. The van der Waals surface area contributed by atoms with E-state index in [2.05, 4.69) is 0 Å². The average Bonchev–Trinajstić information content (AvgIpc) is 2.36. The molecule has 1 aromatic rings. The highest BCUT2D eigenvalue weighted by Crippen LogP contribution is 2.32. The Bertz CT molecular complexity index is 452. The van der Waals surface area contributed by atoms with Crippen molar-refractivity contribution in [2.24, 2.45) is 0 Å². The third-order valence-electron chi connectivity index (χ3n) is 3.65. The van der Waals surface area contributed by atoms with E-state index in [1.165, 1.54) is 0 Å². The van der Waals surface area contributed by atoms with Gasteiger partial charge in [0.15, 0.2) is 0 Å². The maximum absolute atomic E-state index is 12.8. The van der Waals surface area contributed by atoms with Gasteiger partial charge < -0.3 is 14.8 Å². The Hall–Kier alpha value is -0.625. The van der Waals surface area contributed by atoms with Crippen LogP contribution in [0, 0.1) is 0 Å². The fourth-order valence-corrected chi connectivity index (χ4v) is 2.67. The Morgan fingerprint density at radius 3 is 2.18 bits per heavy atom. The van der Waals surface area contributed by atoms with E-state index in [-0.39, 0.29) is 0 Å². The minimum Gasteiger partial charge on any atom is -0.426 e. The molecule has 0 radical (unpaired) electrons. The number of hydrogen-bond donors (Lipinski definition) is 2. The molecule has 0 aliphatic rings. The lowest BCUT2D eigenvalue weighted by Gasteiger charge is -2.39. The van der Waals surface area contributed by atoms with Crippen molar-refractivity contribution in [3.05, 3.63) is 30.3 Å². The van der Waals surface area contributed by atoms with Crippen LogP contribution in [0.5, 0.6) is 0 Å². The van der Waals surface area contributed by atoms with E-state index in [1.807, 2.05) is 6.07 Å². The third-order valence-corrected chi connectivity index (χ3v) is 4.92. The van der Waals surface area contributed by atoms with Gasteiger partial charge in [0.05, 0.1) is 16.4 Å². The van der Waals surface area contributed by atoms with Crippen molar-refractivity contribution < 1.29 is 23.6 Å². The predicted molar refractivity (Wildman–Crippen MR) is 86.1 cm³/mol. The number of halogens is 2. The van der Waals surface area contributed by atoms with Crippen molar-refractivity contribution in [3.63, 3.8) is 0 Å². The topological polar surface area (TPSA) is 49.7 Å². The van der Waals surface area contributed by atoms with Crippen molar-refractivity contribution in [1.29, 1.82) is 0 Å². The molecule has 0 spiro atoms. The molecule has 0 aliphatic carbocycles. The zero-order valence-corrected chi connectivity index (χ0v) is 14.1. The minimum atomic E-state index is -2.55. The lowest BCUT2D eigenvalue weighted by atomic mass is 9.78. The molecule has 124 valence electrons. The summed E-state index contributed by atoms with van der Waals surface area (Å²) < 4.78 is 31.1. The van der Waals surface area contributed by atoms with Crippen molar-refractivity contribution in [2.45, 2.75) is 61.8 Å². The summed E-state index contributed by atoms with van der Waals surface area (Å²) >= 11 is 1.14. The summed E-state index contributed by atoms with van der Waals surface area (Å²) in [6, 6.07) is 9.01. The van der Waals surface area contributed by atoms with E-state index < -0.39 is 36.3 Å². The molecule has 2 N–H and O–H groups in total. The summed E-state index contributed by atoms with van der Waals surface area (Å²) in [5, 5.41) is 19.5. The fraction of sp³-hybridized carbons (Fsp3) is 0.600. The van der Waals surface area contributed by atoms with E-state index >= 15 is 0 Å². The summed E-state index contributed by atoms with van der Waals surface area (Å²) in [4.78, 5) is 0.775. The van der Waals surface area contributed by atoms with Gasteiger partial charge in [-0.1, -0.05) is 18.2 Å². The molecular weight excluding hydrogens is 309 g/mol. The van der Waals surface area contributed by atoms with Crippen LogP contribution in [0.4, 0.5) is 8.78 Å². The monoisotopic (exact) mass is 332 g/mol. The Morgan fingerprint density at radius 1 is 1.18 bits per heavy atom. The molecule has 0 amide bonds. The summed E-state index contributed by atoms with van der Waals surface area (Å²) in [7, 11) is -1.42. The first-order valence-corrected chi connectivity index (χ1v) is 7.99. The first-order chi connectivity index (χ1) is 10.0. The molecule has 3 nitrogen and oxygen atoms in total. The van der Waals surface area contributed by atoms with Crippen LogP contribution in [0.3, 0.4) is 0 Å². The molecule has 0 aliphatic heterocycles. The predicted octanol–water partition coefficient (Wildman–Crippen LogP) is 3.39.